The maximum atomic E-state index is 13.4. The molecule has 1 fully saturated rings. The third kappa shape index (κ3) is 3.33. The highest BCUT2D eigenvalue weighted by Gasteiger charge is 2.30. The Morgan fingerprint density at radius 3 is 2.57 bits per heavy atom. The standard InChI is InChI=1S/C20H20FN3O3S/c1-14-5-6-19-18(11-14)20(25)24(13-22-19)16-7-9-23(10-8-16)28(26,27)17-4-2-3-15(21)12-17/h2-6,11-13,16H,7-10H2,1H3. The molecule has 3 aromatic rings. The third-order valence-corrected chi connectivity index (χ3v) is 7.08. The summed E-state index contributed by atoms with van der Waals surface area (Å²) in [5, 5.41) is 0.567. The molecule has 4 rings (SSSR count). The zero-order chi connectivity index (χ0) is 19.9. The zero-order valence-corrected chi connectivity index (χ0v) is 16.2. The summed E-state index contributed by atoms with van der Waals surface area (Å²) in [7, 11) is -3.75. The van der Waals surface area contributed by atoms with Crippen LogP contribution in [0.15, 0.2) is 58.5 Å². The smallest absolute Gasteiger partial charge is 0.261 e. The van der Waals surface area contributed by atoms with Crippen molar-refractivity contribution in [2.75, 3.05) is 13.1 Å². The van der Waals surface area contributed by atoms with Crippen molar-refractivity contribution in [1.82, 2.24) is 13.9 Å². The van der Waals surface area contributed by atoms with Crippen LogP contribution in [0.3, 0.4) is 0 Å². The minimum atomic E-state index is -3.75. The SMILES string of the molecule is Cc1ccc2ncn(C3CCN(S(=O)(=O)c4cccc(F)c4)CC3)c(=O)c2c1. The number of benzene rings is 2. The summed E-state index contributed by atoms with van der Waals surface area (Å²) in [4.78, 5) is 17.2. The monoisotopic (exact) mass is 401 g/mol. The van der Waals surface area contributed by atoms with Gasteiger partial charge in [-0.3, -0.25) is 9.36 Å². The van der Waals surface area contributed by atoms with Gasteiger partial charge in [-0.25, -0.2) is 17.8 Å². The number of fused-ring (bicyclic) bond motifs is 1. The van der Waals surface area contributed by atoms with E-state index in [9.17, 15) is 17.6 Å². The lowest BCUT2D eigenvalue weighted by Crippen LogP contribution is -2.40. The highest BCUT2D eigenvalue weighted by molar-refractivity contribution is 7.89. The topological polar surface area (TPSA) is 72.3 Å². The number of piperidine rings is 1. The molecule has 1 saturated heterocycles. The van der Waals surface area contributed by atoms with Crippen molar-refractivity contribution in [2.45, 2.75) is 30.7 Å². The Labute approximate surface area is 162 Å². The van der Waals surface area contributed by atoms with Crippen molar-refractivity contribution < 1.29 is 12.8 Å². The van der Waals surface area contributed by atoms with E-state index in [1.807, 2.05) is 25.1 Å². The zero-order valence-electron chi connectivity index (χ0n) is 15.4. The fourth-order valence-corrected chi connectivity index (χ4v) is 5.15. The summed E-state index contributed by atoms with van der Waals surface area (Å²) in [6, 6.07) is 10.5. The minimum Gasteiger partial charge on any atom is -0.296 e. The molecule has 0 radical (unpaired) electrons. The van der Waals surface area contributed by atoms with E-state index in [2.05, 4.69) is 4.98 Å². The van der Waals surface area contributed by atoms with Crippen LogP contribution in [0.5, 0.6) is 0 Å². The van der Waals surface area contributed by atoms with Crippen molar-refractivity contribution in [2.24, 2.45) is 0 Å². The Morgan fingerprint density at radius 2 is 1.86 bits per heavy atom. The predicted molar refractivity (Wildman–Crippen MR) is 104 cm³/mol. The highest BCUT2D eigenvalue weighted by atomic mass is 32.2. The summed E-state index contributed by atoms with van der Waals surface area (Å²) in [6.07, 6.45) is 2.53. The highest BCUT2D eigenvalue weighted by Crippen LogP contribution is 2.26. The first-order chi connectivity index (χ1) is 13.4. The second kappa shape index (κ2) is 7.10. The molecule has 1 aliphatic rings. The van der Waals surface area contributed by atoms with Crippen molar-refractivity contribution in [3.63, 3.8) is 0 Å². The van der Waals surface area contributed by atoms with E-state index in [0.29, 0.717) is 23.7 Å². The lowest BCUT2D eigenvalue weighted by Gasteiger charge is -2.32. The van der Waals surface area contributed by atoms with Gasteiger partial charge in [-0.2, -0.15) is 4.31 Å². The van der Waals surface area contributed by atoms with Crippen LogP contribution in [0.2, 0.25) is 0 Å². The number of halogens is 1. The summed E-state index contributed by atoms with van der Waals surface area (Å²) in [5.74, 6) is -0.583. The maximum Gasteiger partial charge on any atom is 0.261 e. The molecule has 1 aliphatic heterocycles. The molecule has 28 heavy (non-hydrogen) atoms. The van der Waals surface area contributed by atoms with Gasteiger partial charge in [0.05, 0.1) is 22.1 Å². The van der Waals surface area contributed by atoms with Gasteiger partial charge < -0.3 is 0 Å². The molecular weight excluding hydrogens is 381 g/mol. The van der Waals surface area contributed by atoms with E-state index in [-0.39, 0.29) is 29.6 Å². The fourth-order valence-electron chi connectivity index (χ4n) is 3.65. The Bertz CT molecular complexity index is 1200. The maximum absolute atomic E-state index is 13.4. The number of aromatic nitrogens is 2. The van der Waals surface area contributed by atoms with Gasteiger partial charge in [-0.15, -0.1) is 0 Å². The molecule has 2 aromatic carbocycles. The van der Waals surface area contributed by atoms with Gasteiger partial charge in [0.2, 0.25) is 10.0 Å². The first-order valence-electron chi connectivity index (χ1n) is 9.09. The van der Waals surface area contributed by atoms with Crippen LogP contribution < -0.4 is 5.56 Å². The van der Waals surface area contributed by atoms with Crippen molar-refractivity contribution in [3.05, 3.63) is 70.5 Å². The summed E-state index contributed by atoms with van der Waals surface area (Å²) in [6.45, 7) is 2.45. The molecule has 146 valence electrons. The second-order valence-corrected chi connectivity index (χ2v) is 9.01. The van der Waals surface area contributed by atoms with Crippen LogP contribution in [-0.2, 0) is 10.0 Å². The number of sulfonamides is 1. The first-order valence-corrected chi connectivity index (χ1v) is 10.5. The molecule has 6 nitrogen and oxygen atoms in total. The lowest BCUT2D eigenvalue weighted by atomic mass is 10.1. The van der Waals surface area contributed by atoms with Crippen LogP contribution in [0.1, 0.15) is 24.4 Å². The van der Waals surface area contributed by atoms with Gasteiger partial charge in [-0.1, -0.05) is 17.7 Å². The normalized spacial score (nSPS) is 16.5. The minimum absolute atomic E-state index is 0.0500. The van der Waals surface area contributed by atoms with Gasteiger partial charge in [0.25, 0.3) is 5.56 Å². The number of rotatable bonds is 3. The molecule has 0 spiro atoms. The second-order valence-electron chi connectivity index (χ2n) is 7.07. The molecule has 0 bridgehead atoms. The van der Waals surface area contributed by atoms with Crippen LogP contribution in [0, 0.1) is 12.7 Å². The molecule has 0 N–H and O–H groups in total. The largest absolute Gasteiger partial charge is 0.296 e. The molecule has 0 atom stereocenters. The molecule has 2 heterocycles. The number of hydrogen-bond acceptors (Lipinski definition) is 4. The van der Waals surface area contributed by atoms with E-state index in [4.69, 9.17) is 0 Å². The molecule has 0 saturated carbocycles. The van der Waals surface area contributed by atoms with Crippen molar-refractivity contribution >= 4 is 20.9 Å². The van der Waals surface area contributed by atoms with Crippen LogP contribution in [-0.4, -0.2) is 35.4 Å². The molecule has 0 aliphatic carbocycles. The van der Waals surface area contributed by atoms with Crippen LogP contribution >= 0.6 is 0 Å². The Balaban J connectivity index is 1.57. The quantitative estimate of drug-likeness (QED) is 0.677. The summed E-state index contributed by atoms with van der Waals surface area (Å²) < 4.78 is 41.9. The van der Waals surface area contributed by atoms with Gasteiger partial charge >= 0.3 is 0 Å². The van der Waals surface area contributed by atoms with E-state index >= 15 is 0 Å². The van der Waals surface area contributed by atoms with Crippen molar-refractivity contribution in [1.29, 1.82) is 0 Å². The Hall–Kier alpha value is -2.58. The number of aryl methyl sites for hydroxylation is 1. The van der Waals surface area contributed by atoms with Gasteiger partial charge in [0.15, 0.2) is 0 Å². The number of hydrogen-bond donors (Lipinski definition) is 0. The van der Waals surface area contributed by atoms with E-state index in [0.717, 1.165) is 11.6 Å². The Morgan fingerprint density at radius 1 is 1.11 bits per heavy atom. The fraction of sp³-hybridized carbons (Fsp3) is 0.300. The average Bonchev–Trinajstić information content (AvgIpc) is 2.69. The van der Waals surface area contributed by atoms with E-state index in [1.165, 1.54) is 22.5 Å². The van der Waals surface area contributed by atoms with Crippen LogP contribution in [0.4, 0.5) is 4.39 Å². The summed E-state index contributed by atoms with van der Waals surface area (Å²) >= 11 is 0. The summed E-state index contributed by atoms with van der Waals surface area (Å²) in [5.41, 5.74) is 1.53. The molecule has 0 amide bonds. The Kier molecular flexibility index (Phi) is 4.76. The average molecular weight is 401 g/mol. The molecule has 8 heteroatoms. The lowest BCUT2D eigenvalue weighted by molar-refractivity contribution is 0.269. The molecular formula is C20H20FN3O3S. The van der Waals surface area contributed by atoms with Gasteiger partial charge in [0.1, 0.15) is 5.82 Å². The predicted octanol–water partition coefficient (Wildman–Crippen LogP) is 2.87. The van der Waals surface area contributed by atoms with Crippen LogP contribution in [0.25, 0.3) is 10.9 Å². The van der Waals surface area contributed by atoms with E-state index in [1.54, 1.807) is 10.9 Å². The van der Waals surface area contributed by atoms with E-state index < -0.39 is 15.8 Å². The molecule has 1 aromatic heterocycles. The molecule has 0 unspecified atom stereocenters. The van der Waals surface area contributed by atoms with Crippen molar-refractivity contribution in [3.8, 4) is 0 Å². The number of nitrogens with zero attached hydrogens (tertiary/aromatic N) is 3. The first kappa shape index (κ1) is 18.8. The van der Waals surface area contributed by atoms with Gasteiger partial charge in [-0.05, 0) is 50.1 Å². The van der Waals surface area contributed by atoms with Gasteiger partial charge in [0, 0.05) is 19.1 Å². The third-order valence-electron chi connectivity index (χ3n) is 5.19.